The Hall–Kier alpha value is -0.780. The van der Waals surface area contributed by atoms with Crippen molar-refractivity contribution >= 4 is 0 Å². The maximum absolute atomic E-state index is 2.47. The topological polar surface area (TPSA) is 0 Å². The van der Waals surface area contributed by atoms with Crippen molar-refractivity contribution in [3.05, 3.63) is 35.4 Å². The minimum atomic E-state index is 0.278. The van der Waals surface area contributed by atoms with E-state index in [9.17, 15) is 0 Å². The fourth-order valence-corrected chi connectivity index (χ4v) is 5.90. The predicted octanol–water partition coefficient (Wildman–Crippen LogP) is 9.06. The van der Waals surface area contributed by atoms with Crippen LogP contribution in [0.3, 0.4) is 0 Å². The molecule has 0 aromatic heterocycles. The quantitative estimate of drug-likeness (QED) is 0.477. The molecule has 0 fully saturated rings. The Labute approximate surface area is 176 Å². The summed E-state index contributed by atoms with van der Waals surface area (Å²) in [4.78, 5) is 0. The van der Waals surface area contributed by atoms with E-state index >= 15 is 0 Å². The van der Waals surface area contributed by atoms with Crippen LogP contribution in [0.2, 0.25) is 0 Å². The molecule has 4 unspecified atom stereocenters. The molecule has 1 aromatic rings. The summed E-state index contributed by atoms with van der Waals surface area (Å²) in [6, 6.07) is 9.46. The standard InChI is InChI=1S/C28H48/c1-25(2,3)18-23(27(7,8)9)21-17-22(26(4,5)6)24(28(10,11)12)20-16-14-13-15-19(20)21/h13-16,21-24H,17-18H2,1-12H3. The van der Waals surface area contributed by atoms with Crippen LogP contribution in [0.25, 0.3) is 0 Å². The van der Waals surface area contributed by atoms with E-state index in [2.05, 4.69) is 107 Å². The molecule has 28 heavy (non-hydrogen) atoms. The molecule has 0 bridgehead atoms. The lowest BCUT2D eigenvalue weighted by atomic mass is 9.51. The van der Waals surface area contributed by atoms with Crippen LogP contribution in [0.4, 0.5) is 0 Å². The van der Waals surface area contributed by atoms with Gasteiger partial charge in [0.25, 0.3) is 0 Å². The minimum Gasteiger partial charge on any atom is -0.0620 e. The van der Waals surface area contributed by atoms with E-state index < -0.39 is 0 Å². The number of rotatable bonds is 2. The second-order valence-electron chi connectivity index (χ2n) is 14.0. The Balaban J connectivity index is 2.68. The van der Waals surface area contributed by atoms with Crippen LogP contribution in [0.15, 0.2) is 24.3 Å². The van der Waals surface area contributed by atoms with Crippen molar-refractivity contribution in [1.82, 2.24) is 0 Å². The van der Waals surface area contributed by atoms with E-state index in [0.29, 0.717) is 39.9 Å². The number of benzene rings is 1. The van der Waals surface area contributed by atoms with Crippen LogP contribution in [0.5, 0.6) is 0 Å². The van der Waals surface area contributed by atoms with E-state index in [1.165, 1.54) is 12.8 Å². The van der Waals surface area contributed by atoms with Gasteiger partial charge < -0.3 is 0 Å². The molecular weight excluding hydrogens is 336 g/mol. The molecule has 1 aliphatic rings. The highest BCUT2D eigenvalue weighted by atomic mass is 14.5. The molecule has 0 spiro atoms. The van der Waals surface area contributed by atoms with Gasteiger partial charge in [-0.3, -0.25) is 0 Å². The zero-order chi connectivity index (χ0) is 21.7. The average molecular weight is 385 g/mol. The van der Waals surface area contributed by atoms with Gasteiger partial charge in [0.2, 0.25) is 0 Å². The van der Waals surface area contributed by atoms with E-state index in [1.54, 1.807) is 11.1 Å². The fraction of sp³-hybridized carbons (Fsp3) is 0.786. The first-order chi connectivity index (χ1) is 12.4. The Morgan fingerprint density at radius 1 is 0.750 bits per heavy atom. The van der Waals surface area contributed by atoms with Gasteiger partial charge in [0, 0.05) is 0 Å². The first kappa shape index (κ1) is 23.5. The zero-order valence-electron chi connectivity index (χ0n) is 21.0. The first-order valence-electron chi connectivity index (χ1n) is 11.5. The lowest BCUT2D eigenvalue weighted by molar-refractivity contribution is 0.0571. The largest absolute Gasteiger partial charge is 0.0620 e. The Morgan fingerprint density at radius 2 is 1.25 bits per heavy atom. The van der Waals surface area contributed by atoms with Crippen LogP contribution in [-0.4, -0.2) is 0 Å². The summed E-state index contributed by atoms with van der Waals surface area (Å²) in [7, 11) is 0. The molecule has 0 heterocycles. The second kappa shape index (κ2) is 7.48. The molecule has 0 N–H and O–H groups in total. The summed E-state index contributed by atoms with van der Waals surface area (Å²) >= 11 is 0. The molecule has 0 aliphatic heterocycles. The third-order valence-corrected chi connectivity index (χ3v) is 7.12. The number of fused-ring (bicyclic) bond motifs is 1. The second-order valence-corrected chi connectivity index (χ2v) is 14.0. The molecule has 2 rings (SSSR count). The maximum atomic E-state index is 2.47. The summed E-state index contributed by atoms with van der Waals surface area (Å²) in [6.07, 6.45) is 2.60. The number of hydrogen-bond acceptors (Lipinski definition) is 0. The fourth-order valence-electron chi connectivity index (χ4n) is 5.90. The van der Waals surface area contributed by atoms with Crippen molar-refractivity contribution in [3.63, 3.8) is 0 Å². The molecule has 0 saturated heterocycles. The van der Waals surface area contributed by atoms with Crippen molar-refractivity contribution in [2.24, 2.45) is 33.5 Å². The summed E-state index contributed by atoms with van der Waals surface area (Å²) in [6.45, 7) is 29.4. The van der Waals surface area contributed by atoms with Gasteiger partial charge in [0.1, 0.15) is 0 Å². The highest BCUT2D eigenvalue weighted by molar-refractivity contribution is 5.39. The van der Waals surface area contributed by atoms with Crippen LogP contribution in [0, 0.1) is 33.5 Å². The van der Waals surface area contributed by atoms with Crippen LogP contribution in [-0.2, 0) is 0 Å². The van der Waals surface area contributed by atoms with Crippen molar-refractivity contribution in [3.8, 4) is 0 Å². The summed E-state index contributed by atoms with van der Waals surface area (Å²) in [5.41, 5.74) is 4.53. The third kappa shape index (κ3) is 5.22. The third-order valence-electron chi connectivity index (χ3n) is 7.12. The molecule has 0 nitrogen and oxygen atoms in total. The summed E-state index contributed by atoms with van der Waals surface area (Å²) in [5.74, 6) is 2.67. The molecule has 0 radical (unpaired) electrons. The summed E-state index contributed by atoms with van der Waals surface area (Å²) in [5, 5.41) is 0. The Bertz CT molecular complexity index is 651. The van der Waals surface area contributed by atoms with Crippen LogP contribution >= 0.6 is 0 Å². The van der Waals surface area contributed by atoms with Crippen LogP contribution < -0.4 is 0 Å². The minimum absolute atomic E-state index is 0.278. The maximum Gasteiger partial charge on any atom is -0.00769 e. The zero-order valence-corrected chi connectivity index (χ0v) is 21.0. The van der Waals surface area contributed by atoms with E-state index in [0.717, 1.165) is 0 Å². The monoisotopic (exact) mass is 384 g/mol. The molecular formula is C28H48. The molecule has 1 aromatic carbocycles. The van der Waals surface area contributed by atoms with Crippen LogP contribution in [0.1, 0.15) is 119 Å². The van der Waals surface area contributed by atoms with Gasteiger partial charge >= 0.3 is 0 Å². The Kier molecular flexibility index (Phi) is 6.28. The van der Waals surface area contributed by atoms with Gasteiger partial charge in [-0.25, -0.2) is 0 Å². The van der Waals surface area contributed by atoms with Crippen molar-refractivity contribution in [1.29, 1.82) is 0 Å². The highest BCUT2D eigenvalue weighted by Crippen LogP contribution is 2.59. The first-order valence-corrected chi connectivity index (χ1v) is 11.5. The van der Waals surface area contributed by atoms with E-state index in [-0.39, 0.29) is 5.41 Å². The highest BCUT2D eigenvalue weighted by Gasteiger charge is 2.48. The smallest absolute Gasteiger partial charge is 0.00769 e. The molecule has 0 saturated carbocycles. The van der Waals surface area contributed by atoms with E-state index in [1.807, 2.05) is 0 Å². The number of hydrogen-bond donors (Lipinski definition) is 0. The van der Waals surface area contributed by atoms with Crippen molar-refractivity contribution < 1.29 is 0 Å². The lowest BCUT2D eigenvalue weighted by Gasteiger charge is -2.53. The Morgan fingerprint density at radius 3 is 1.64 bits per heavy atom. The molecule has 4 atom stereocenters. The SMILES string of the molecule is CC(C)(C)CC(C1CC(C(C)(C)C)C(C(C)(C)C)c2ccccc21)C(C)(C)C. The predicted molar refractivity (Wildman–Crippen MR) is 126 cm³/mol. The average Bonchev–Trinajstić information content (AvgIpc) is 2.47. The molecule has 1 aliphatic carbocycles. The van der Waals surface area contributed by atoms with Gasteiger partial charge in [-0.2, -0.15) is 0 Å². The normalized spacial score (nSPS) is 25.4. The van der Waals surface area contributed by atoms with Gasteiger partial charge in [-0.1, -0.05) is 107 Å². The van der Waals surface area contributed by atoms with Gasteiger partial charge in [-0.05, 0) is 69.3 Å². The summed E-state index contributed by atoms with van der Waals surface area (Å²) < 4.78 is 0. The van der Waals surface area contributed by atoms with Gasteiger partial charge in [-0.15, -0.1) is 0 Å². The van der Waals surface area contributed by atoms with Crippen molar-refractivity contribution in [2.75, 3.05) is 0 Å². The molecule has 0 heteroatoms. The van der Waals surface area contributed by atoms with Crippen molar-refractivity contribution in [2.45, 2.75) is 108 Å². The van der Waals surface area contributed by atoms with Gasteiger partial charge in [0.05, 0.1) is 0 Å². The molecule has 160 valence electrons. The van der Waals surface area contributed by atoms with Gasteiger partial charge in [0.15, 0.2) is 0 Å². The van der Waals surface area contributed by atoms with E-state index in [4.69, 9.17) is 0 Å². The lowest BCUT2D eigenvalue weighted by Crippen LogP contribution is -2.42. The molecule has 0 amide bonds.